The van der Waals surface area contributed by atoms with Crippen LogP contribution in [0.3, 0.4) is 0 Å². The van der Waals surface area contributed by atoms with Crippen molar-refractivity contribution in [3.63, 3.8) is 0 Å². The molecular formula is C10H11N5O3S. The number of aromatic amines is 1. The first-order chi connectivity index (χ1) is 9.08. The van der Waals surface area contributed by atoms with Crippen LogP contribution in [0, 0.1) is 0 Å². The van der Waals surface area contributed by atoms with Crippen molar-refractivity contribution in [1.29, 1.82) is 0 Å². The van der Waals surface area contributed by atoms with Crippen molar-refractivity contribution < 1.29 is 14.3 Å². The van der Waals surface area contributed by atoms with Gasteiger partial charge in [0.2, 0.25) is 11.9 Å². The molecule has 0 aliphatic rings. The number of amides is 2. The third-order valence-corrected chi connectivity index (χ3v) is 3.01. The van der Waals surface area contributed by atoms with Crippen molar-refractivity contribution in [2.75, 3.05) is 17.7 Å². The first-order valence-electron chi connectivity index (χ1n) is 5.23. The maximum atomic E-state index is 11.9. The summed E-state index contributed by atoms with van der Waals surface area (Å²) in [4.78, 5) is 27.1. The number of hydrogen-bond acceptors (Lipinski definition) is 6. The van der Waals surface area contributed by atoms with Crippen molar-refractivity contribution >= 4 is 34.1 Å². The molecule has 3 N–H and O–H groups in total. The third-order valence-electron chi connectivity index (χ3n) is 2.01. The van der Waals surface area contributed by atoms with E-state index in [9.17, 15) is 9.59 Å². The highest BCUT2D eigenvalue weighted by Crippen LogP contribution is 2.22. The number of thiophene rings is 1. The maximum Gasteiger partial charge on any atom is 0.336 e. The number of aromatic nitrogens is 3. The second-order valence-electron chi connectivity index (χ2n) is 3.47. The molecular weight excluding hydrogens is 270 g/mol. The van der Waals surface area contributed by atoms with Crippen LogP contribution in [-0.4, -0.2) is 34.1 Å². The molecule has 0 aliphatic carbocycles. The molecule has 0 unspecified atom stereocenters. The highest BCUT2D eigenvalue weighted by molar-refractivity contribution is 7.18. The minimum Gasteiger partial charge on any atom is -0.466 e. The van der Waals surface area contributed by atoms with Crippen LogP contribution in [0.15, 0.2) is 12.1 Å². The maximum absolute atomic E-state index is 11.9. The van der Waals surface area contributed by atoms with E-state index in [0.29, 0.717) is 9.88 Å². The van der Waals surface area contributed by atoms with Gasteiger partial charge in [-0.3, -0.25) is 14.9 Å². The number of carbonyl (C=O) groups is 2. The zero-order valence-electron chi connectivity index (χ0n) is 10.2. The minimum absolute atomic E-state index is 0.139. The number of ether oxygens (including phenoxy) is 1. The number of anilines is 2. The largest absolute Gasteiger partial charge is 0.466 e. The summed E-state index contributed by atoms with van der Waals surface area (Å²) < 4.78 is 4.78. The lowest BCUT2D eigenvalue weighted by Crippen LogP contribution is -2.11. The Balaban J connectivity index is 2.03. The molecule has 9 heteroatoms. The van der Waals surface area contributed by atoms with Crippen LogP contribution in [0.2, 0.25) is 0 Å². The van der Waals surface area contributed by atoms with Gasteiger partial charge in [-0.25, -0.2) is 5.10 Å². The molecule has 2 aromatic heterocycles. The molecule has 0 aromatic carbocycles. The monoisotopic (exact) mass is 281 g/mol. The summed E-state index contributed by atoms with van der Waals surface area (Å²) in [5.74, 6) is -0.342. The zero-order chi connectivity index (χ0) is 13.8. The highest BCUT2D eigenvalue weighted by atomic mass is 32.1. The molecule has 8 nitrogen and oxygen atoms in total. The summed E-state index contributed by atoms with van der Waals surface area (Å²) in [5.41, 5.74) is 0. The number of hydrogen-bond donors (Lipinski definition) is 3. The lowest BCUT2D eigenvalue weighted by atomic mass is 10.4. The molecule has 0 saturated heterocycles. The first kappa shape index (κ1) is 13.0. The van der Waals surface area contributed by atoms with Crippen LogP contribution in [0.4, 0.5) is 10.9 Å². The van der Waals surface area contributed by atoms with Gasteiger partial charge in [0.15, 0.2) is 0 Å². The van der Waals surface area contributed by atoms with Gasteiger partial charge in [-0.1, -0.05) is 0 Å². The molecule has 0 fully saturated rings. The Morgan fingerprint density at radius 1 is 1.37 bits per heavy atom. The lowest BCUT2D eigenvalue weighted by Gasteiger charge is -1.97. The van der Waals surface area contributed by atoms with Crippen molar-refractivity contribution in [1.82, 2.24) is 15.2 Å². The van der Waals surface area contributed by atoms with Crippen molar-refractivity contribution in [2.45, 2.75) is 6.92 Å². The molecule has 0 bridgehead atoms. The summed E-state index contributed by atoms with van der Waals surface area (Å²) in [6.07, 6.45) is 0. The normalized spacial score (nSPS) is 10.0. The Morgan fingerprint density at radius 3 is 2.79 bits per heavy atom. The van der Waals surface area contributed by atoms with Gasteiger partial charge in [-0.05, 0) is 12.1 Å². The zero-order valence-corrected chi connectivity index (χ0v) is 11.0. The van der Waals surface area contributed by atoms with Gasteiger partial charge in [0, 0.05) is 6.92 Å². The second-order valence-corrected chi connectivity index (χ2v) is 4.55. The van der Waals surface area contributed by atoms with Crippen LogP contribution >= 0.6 is 11.3 Å². The number of carbonyl (C=O) groups excluding carboxylic acids is 2. The Bertz CT molecular complexity index is 606. The average Bonchev–Trinajstić information content (AvgIpc) is 2.97. The van der Waals surface area contributed by atoms with E-state index in [-0.39, 0.29) is 23.8 Å². The average molecular weight is 281 g/mol. The Morgan fingerprint density at radius 2 is 2.16 bits per heavy atom. The second kappa shape index (κ2) is 5.48. The number of rotatable bonds is 4. The summed E-state index contributed by atoms with van der Waals surface area (Å²) in [6, 6.07) is 3.40. The first-order valence-corrected chi connectivity index (χ1v) is 6.05. The molecule has 0 atom stereocenters. The molecule has 2 aromatic rings. The SMILES string of the molecule is COc1n[nH]c(NC(=O)c2ccc(NC(C)=O)s2)n1. The predicted octanol–water partition coefficient (Wildman–Crippen LogP) is 1.09. The van der Waals surface area contributed by atoms with E-state index in [0.717, 1.165) is 11.3 Å². The fourth-order valence-corrected chi connectivity index (χ4v) is 2.11. The standard InChI is InChI=1S/C10H11N5O3S/c1-5(16)11-7-4-3-6(19-7)8(17)12-9-13-10(18-2)15-14-9/h3-4H,1-2H3,(H,11,16)(H2,12,13,14,15,17). The fourth-order valence-electron chi connectivity index (χ4n) is 1.26. The van der Waals surface area contributed by atoms with Gasteiger partial charge in [-0.2, -0.15) is 4.98 Å². The van der Waals surface area contributed by atoms with Crippen LogP contribution < -0.4 is 15.4 Å². The van der Waals surface area contributed by atoms with Crippen LogP contribution in [0.5, 0.6) is 6.01 Å². The van der Waals surface area contributed by atoms with Gasteiger partial charge < -0.3 is 10.1 Å². The van der Waals surface area contributed by atoms with E-state index >= 15 is 0 Å². The molecule has 2 amide bonds. The molecule has 0 saturated carbocycles. The van der Waals surface area contributed by atoms with Crippen molar-refractivity contribution in [3.05, 3.63) is 17.0 Å². The topological polar surface area (TPSA) is 109 Å². The van der Waals surface area contributed by atoms with E-state index in [1.807, 2.05) is 0 Å². The van der Waals surface area contributed by atoms with Crippen LogP contribution in [0.25, 0.3) is 0 Å². The van der Waals surface area contributed by atoms with E-state index < -0.39 is 0 Å². The fraction of sp³-hybridized carbons (Fsp3) is 0.200. The van der Waals surface area contributed by atoms with Crippen molar-refractivity contribution in [2.24, 2.45) is 0 Å². The van der Waals surface area contributed by atoms with Gasteiger partial charge in [0.1, 0.15) is 0 Å². The van der Waals surface area contributed by atoms with Gasteiger partial charge in [-0.15, -0.1) is 16.4 Å². The molecule has 2 rings (SSSR count). The van der Waals surface area contributed by atoms with E-state index in [4.69, 9.17) is 4.74 Å². The molecule has 0 radical (unpaired) electrons. The summed E-state index contributed by atoms with van der Waals surface area (Å²) >= 11 is 1.16. The smallest absolute Gasteiger partial charge is 0.336 e. The molecule has 19 heavy (non-hydrogen) atoms. The van der Waals surface area contributed by atoms with Crippen molar-refractivity contribution in [3.8, 4) is 6.01 Å². The van der Waals surface area contributed by atoms with E-state index in [1.54, 1.807) is 12.1 Å². The molecule has 100 valence electrons. The highest BCUT2D eigenvalue weighted by Gasteiger charge is 2.12. The summed E-state index contributed by atoms with van der Waals surface area (Å²) in [7, 11) is 1.42. The third kappa shape index (κ3) is 3.28. The Hall–Kier alpha value is -2.42. The van der Waals surface area contributed by atoms with Crippen LogP contribution in [0.1, 0.15) is 16.6 Å². The summed E-state index contributed by atoms with van der Waals surface area (Å²) in [5, 5.41) is 11.9. The number of nitrogens with one attached hydrogen (secondary N) is 3. The Labute approximate surface area is 112 Å². The predicted molar refractivity (Wildman–Crippen MR) is 69.5 cm³/mol. The molecule has 2 heterocycles. The number of H-pyrrole nitrogens is 1. The lowest BCUT2D eigenvalue weighted by molar-refractivity contribution is -0.114. The van der Waals surface area contributed by atoms with E-state index in [2.05, 4.69) is 25.8 Å². The van der Waals surface area contributed by atoms with E-state index in [1.165, 1.54) is 14.0 Å². The molecule has 0 spiro atoms. The van der Waals surface area contributed by atoms with Gasteiger partial charge >= 0.3 is 6.01 Å². The quantitative estimate of drug-likeness (QED) is 0.777. The summed E-state index contributed by atoms with van der Waals surface area (Å²) in [6.45, 7) is 1.40. The van der Waals surface area contributed by atoms with Gasteiger partial charge in [0.05, 0.1) is 17.0 Å². The van der Waals surface area contributed by atoms with Crippen LogP contribution in [-0.2, 0) is 4.79 Å². The number of nitrogens with zero attached hydrogens (tertiary/aromatic N) is 2. The molecule has 0 aliphatic heterocycles. The Kier molecular flexibility index (Phi) is 3.76. The minimum atomic E-state index is -0.347. The van der Waals surface area contributed by atoms with Gasteiger partial charge in [0.25, 0.3) is 5.91 Å². The number of methoxy groups -OCH3 is 1.